The minimum Gasteiger partial charge on any atom is -0.494 e. The van der Waals surface area contributed by atoms with Gasteiger partial charge in [-0.25, -0.2) is 14.2 Å². The van der Waals surface area contributed by atoms with Crippen molar-refractivity contribution in [1.29, 1.82) is 0 Å². The Labute approximate surface area is 157 Å². The molecule has 3 aromatic rings. The lowest BCUT2D eigenvalue weighted by Crippen LogP contribution is -2.38. The first-order chi connectivity index (χ1) is 13.0. The number of carbonyl (C=O) groups excluding carboxylic acids is 1. The molecule has 3 rings (SSSR count). The number of hydrogen-bond acceptors (Lipinski definition) is 3. The van der Waals surface area contributed by atoms with E-state index in [0.717, 1.165) is 16.9 Å². The van der Waals surface area contributed by atoms with Gasteiger partial charge in [-0.2, -0.15) is 0 Å². The number of aryl methyl sites for hydroxylation is 1. The van der Waals surface area contributed by atoms with Gasteiger partial charge in [-0.3, -0.25) is 0 Å². The zero-order chi connectivity index (χ0) is 19.4. The average Bonchev–Trinajstić information content (AvgIpc) is 2.97. The number of carbonyl (C=O) groups is 1. The van der Waals surface area contributed by atoms with Gasteiger partial charge < -0.3 is 19.9 Å². The summed E-state index contributed by atoms with van der Waals surface area (Å²) in [6.45, 7) is 4.82. The predicted octanol–water partition coefficient (Wildman–Crippen LogP) is 3.55. The summed E-state index contributed by atoms with van der Waals surface area (Å²) in [6, 6.07) is 11.9. The third-order valence-electron chi connectivity index (χ3n) is 4.49. The molecule has 0 aliphatic heterocycles. The number of urea groups is 1. The lowest BCUT2D eigenvalue weighted by Gasteiger charge is -2.16. The number of halogens is 1. The van der Waals surface area contributed by atoms with Crippen LogP contribution >= 0.6 is 0 Å². The summed E-state index contributed by atoms with van der Waals surface area (Å²) in [5, 5.41) is 5.64. The van der Waals surface area contributed by atoms with Crippen LogP contribution in [0, 0.1) is 12.7 Å². The van der Waals surface area contributed by atoms with Crippen molar-refractivity contribution in [3.63, 3.8) is 0 Å². The minimum absolute atomic E-state index is 0.179. The van der Waals surface area contributed by atoms with Gasteiger partial charge in [0, 0.05) is 13.1 Å². The molecule has 2 amide bonds. The zero-order valence-corrected chi connectivity index (χ0v) is 15.6. The number of para-hydroxylation sites is 2. The molecule has 0 saturated heterocycles. The maximum absolute atomic E-state index is 13.8. The van der Waals surface area contributed by atoms with Gasteiger partial charge in [0.2, 0.25) is 0 Å². The van der Waals surface area contributed by atoms with Crippen molar-refractivity contribution >= 4 is 17.1 Å². The number of nitrogens with zero attached hydrogens (tertiary/aromatic N) is 2. The molecule has 0 aliphatic carbocycles. The van der Waals surface area contributed by atoms with E-state index in [2.05, 4.69) is 20.2 Å². The monoisotopic (exact) mass is 370 g/mol. The maximum atomic E-state index is 13.8. The molecular weight excluding hydrogens is 347 g/mol. The molecule has 0 aliphatic rings. The third kappa shape index (κ3) is 4.19. The lowest BCUT2D eigenvalue weighted by molar-refractivity contribution is 0.237. The molecule has 1 heterocycles. The van der Waals surface area contributed by atoms with Gasteiger partial charge in [0.15, 0.2) is 11.6 Å². The molecule has 0 spiro atoms. The van der Waals surface area contributed by atoms with Gasteiger partial charge in [-0.05, 0) is 43.7 Å². The second-order valence-corrected chi connectivity index (χ2v) is 6.32. The van der Waals surface area contributed by atoms with Gasteiger partial charge >= 0.3 is 6.03 Å². The van der Waals surface area contributed by atoms with Crippen LogP contribution in [0.2, 0.25) is 0 Å². The van der Waals surface area contributed by atoms with Gasteiger partial charge in [0.05, 0.1) is 24.2 Å². The van der Waals surface area contributed by atoms with Crippen LogP contribution in [0.15, 0.2) is 42.5 Å². The highest BCUT2D eigenvalue weighted by Gasteiger charge is 2.12. The van der Waals surface area contributed by atoms with E-state index in [0.29, 0.717) is 18.7 Å². The summed E-state index contributed by atoms with van der Waals surface area (Å²) >= 11 is 0. The van der Waals surface area contributed by atoms with E-state index < -0.39 is 5.82 Å². The van der Waals surface area contributed by atoms with Crippen molar-refractivity contribution in [2.45, 2.75) is 26.4 Å². The SMILES string of the molecule is COc1ccc(C(C)NC(=O)NCCn2c(C)nc3ccccc32)cc1F. The molecular formula is C20H23FN4O2. The number of nitrogens with one attached hydrogen (secondary N) is 2. The molecule has 0 fully saturated rings. The Kier molecular flexibility index (Phi) is 5.59. The van der Waals surface area contributed by atoms with E-state index in [9.17, 15) is 9.18 Å². The number of hydrogen-bond donors (Lipinski definition) is 2. The highest BCUT2D eigenvalue weighted by Crippen LogP contribution is 2.21. The van der Waals surface area contributed by atoms with Crippen molar-refractivity contribution in [3.05, 3.63) is 59.7 Å². The van der Waals surface area contributed by atoms with Crippen LogP contribution in [-0.2, 0) is 6.54 Å². The van der Waals surface area contributed by atoms with Crippen LogP contribution < -0.4 is 15.4 Å². The van der Waals surface area contributed by atoms with Crippen molar-refractivity contribution in [1.82, 2.24) is 20.2 Å². The number of aromatic nitrogens is 2. The number of methoxy groups -OCH3 is 1. The first kappa shape index (κ1) is 18.7. The number of amides is 2. The second kappa shape index (κ2) is 8.07. The van der Waals surface area contributed by atoms with Crippen LogP contribution in [0.1, 0.15) is 24.4 Å². The predicted molar refractivity (Wildman–Crippen MR) is 102 cm³/mol. The van der Waals surface area contributed by atoms with E-state index >= 15 is 0 Å². The summed E-state index contributed by atoms with van der Waals surface area (Å²) in [7, 11) is 1.42. The van der Waals surface area contributed by atoms with Gasteiger partial charge in [0.1, 0.15) is 5.82 Å². The van der Waals surface area contributed by atoms with Crippen molar-refractivity contribution < 1.29 is 13.9 Å². The van der Waals surface area contributed by atoms with Crippen LogP contribution in [0.5, 0.6) is 5.75 Å². The van der Waals surface area contributed by atoms with E-state index in [1.54, 1.807) is 19.1 Å². The normalized spacial score (nSPS) is 12.0. The summed E-state index contributed by atoms with van der Waals surface area (Å²) in [4.78, 5) is 16.7. The van der Waals surface area contributed by atoms with E-state index in [4.69, 9.17) is 4.74 Å². The van der Waals surface area contributed by atoms with E-state index in [-0.39, 0.29) is 17.8 Å². The smallest absolute Gasteiger partial charge is 0.315 e. The number of benzene rings is 2. The molecule has 27 heavy (non-hydrogen) atoms. The Morgan fingerprint density at radius 3 is 2.81 bits per heavy atom. The standard InChI is InChI=1S/C20H23FN4O2/c1-13(15-8-9-19(27-3)16(21)12-15)23-20(26)22-10-11-25-14(2)24-17-6-4-5-7-18(17)25/h4-9,12-13H,10-11H2,1-3H3,(H2,22,23,26). The largest absolute Gasteiger partial charge is 0.494 e. The Morgan fingerprint density at radius 2 is 2.07 bits per heavy atom. The quantitative estimate of drug-likeness (QED) is 0.697. The average molecular weight is 370 g/mol. The van der Waals surface area contributed by atoms with Crippen molar-refractivity contribution in [3.8, 4) is 5.75 Å². The second-order valence-electron chi connectivity index (χ2n) is 6.32. The Bertz CT molecular complexity index is 954. The molecule has 142 valence electrons. The highest BCUT2D eigenvalue weighted by atomic mass is 19.1. The van der Waals surface area contributed by atoms with E-state index in [1.807, 2.05) is 31.2 Å². The molecule has 2 N–H and O–H groups in total. The topological polar surface area (TPSA) is 68.2 Å². The van der Waals surface area contributed by atoms with Crippen LogP contribution in [0.25, 0.3) is 11.0 Å². The Hall–Kier alpha value is -3.09. The highest BCUT2D eigenvalue weighted by molar-refractivity contribution is 5.76. The van der Waals surface area contributed by atoms with Crippen LogP contribution in [-0.4, -0.2) is 29.2 Å². The summed E-state index contributed by atoms with van der Waals surface area (Å²) in [5.74, 6) is 0.630. The van der Waals surface area contributed by atoms with Gasteiger partial charge in [-0.15, -0.1) is 0 Å². The fourth-order valence-corrected chi connectivity index (χ4v) is 3.04. The Balaban J connectivity index is 1.55. The Morgan fingerprint density at radius 1 is 1.30 bits per heavy atom. The summed E-state index contributed by atoms with van der Waals surface area (Å²) in [5.41, 5.74) is 2.65. The van der Waals surface area contributed by atoms with Crippen LogP contribution in [0.3, 0.4) is 0 Å². The van der Waals surface area contributed by atoms with E-state index in [1.165, 1.54) is 13.2 Å². The van der Waals surface area contributed by atoms with Crippen LogP contribution in [0.4, 0.5) is 9.18 Å². The molecule has 1 atom stereocenters. The molecule has 1 unspecified atom stereocenters. The lowest BCUT2D eigenvalue weighted by atomic mass is 10.1. The molecule has 2 aromatic carbocycles. The molecule has 6 nitrogen and oxygen atoms in total. The van der Waals surface area contributed by atoms with Crippen molar-refractivity contribution in [2.75, 3.05) is 13.7 Å². The number of ether oxygens (including phenoxy) is 1. The molecule has 0 bridgehead atoms. The molecule has 7 heteroatoms. The number of rotatable bonds is 6. The molecule has 1 aromatic heterocycles. The summed E-state index contributed by atoms with van der Waals surface area (Å²) < 4.78 is 20.8. The first-order valence-electron chi connectivity index (χ1n) is 8.79. The van der Waals surface area contributed by atoms with Gasteiger partial charge in [0.25, 0.3) is 0 Å². The first-order valence-corrected chi connectivity index (χ1v) is 8.79. The number of fused-ring (bicyclic) bond motifs is 1. The maximum Gasteiger partial charge on any atom is 0.315 e. The minimum atomic E-state index is -0.452. The zero-order valence-electron chi connectivity index (χ0n) is 15.6. The fraction of sp³-hybridized carbons (Fsp3) is 0.300. The van der Waals surface area contributed by atoms with Gasteiger partial charge in [-0.1, -0.05) is 18.2 Å². The number of imidazole rings is 1. The third-order valence-corrected chi connectivity index (χ3v) is 4.49. The fourth-order valence-electron chi connectivity index (χ4n) is 3.04. The molecule has 0 saturated carbocycles. The summed E-state index contributed by atoms with van der Waals surface area (Å²) in [6.07, 6.45) is 0. The van der Waals surface area contributed by atoms with Crippen molar-refractivity contribution in [2.24, 2.45) is 0 Å². The molecule has 0 radical (unpaired) electrons.